The lowest BCUT2D eigenvalue weighted by Gasteiger charge is -2.10. The highest BCUT2D eigenvalue weighted by molar-refractivity contribution is 6.33. The van der Waals surface area contributed by atoms with Crippen molar-refractivity contribution in [1.29, 1.82) is 0 Å². The molecule has 2 aromatic carbocycles. The van der Waals surface area contributed by atoms with Gasteiger partial charge in [-0.25, -0.2) is 0 Å². The molecule has 1 aliphatic rings. The van der Waals surface area contributed by atoms with Crippen molar-refractivity contribution in [2.24, 2.45) is 0 Å². The molecule has 0 saturated heterocycles. The fraction of sp³-hybridized carbons (Fsp3) is 0.125. The van der Waals surface area contributed by atoms with Crippen LogP contribution in [0, 0.1) is 0 Å². The molecule has 0 radical (unpaired) electrons. The molecule has 3 rings (SSSR count). The number of benzene rings is 2. The average molecular weight is 317 g/mol. The summed E-state index contributed by atoms with van der Waals surface area (Å²) in [6.45, 7) is 0.323. The first kappa shape index (κ1) is 14.4. The largest absolute Gasteiger partial charge is 0.491 e. The maximum absolute atomic E-state index is 12.3. The predicted octanol–water partition coefficient (Wildman–Crippen LogP) is 3.31. The van der Waals surface area contributed by atoms with E-state index in [2.05, 4.69) is 10.6 Å². The molecule has 1 aliphatic heterocycles. The fourth-order valence-electron chi connectivity index (χ4n) is 2.12. The van der Waals surface area contributed by atoms with E-state index in [1.807, 2.05) is 0 Å². The van der Waals surface area contributed by atoms with Crippen LogP contribution in [-0.2, 0) is 4.79 Å². The van der Waals surface area contributed by atoms with E-state index in [9.17, 15) is 9.59 Å². The zero-order chi connectivity index (χ0) is 15.5. The normalized spacial score (nSPS) is 13.4. The number of carbonyl (C=O) groups is 2. The van der Waals surface area contributed by atoms with E-state index in [0.29, 0.717) is 34.3 Å². The molecule has 2 amide bonds. The number of anilines is 2. The number of rotatable bonds is 2. The molecular weight excluding hydrogens is 304 g/mol. The molecule has 0 aromatic heterocycles. The molecular formula is C16H13ClN2O3. The quantitative estimate of drug-likeness (QED) is 0.893. The zero-order valence-electron chi connectivity index (χ0n) is 11.6. The van der Waals surface area contributed by atoms with Crippen molar-refractivity contribution in [1.82, 2.24) is 0 Å². The second-order valence-electron chi connectivity index (χ2n) is 4.79. The molecule has 0 unspecified atom stereocenters. The molecule has 22 heavy (non-hydrogen) atoms. The van der Waals surface area contributed by atoms with Crippen LogP contribution in [0.5, 0.6) is 5.75 Å². The Morgan fingerprint density at radius 2 is 2.05 bits per heavy atom. The summed E-state index contributed by atoms with van der Waals surface area (Å²) in [6, 6.07) is 11.9. The third kappa shape index (κ3) is 3.04. The van der Waals surface area contributed by atoms with E-state index in [1.54, 1.807) is 42.5 Å². The van der Waals surface area contributed by atoms with E-state index in [1.165, 1.54) is 0 Å². The lowest BCUT2D eigenvalue weighted by Crippen LogP contribution is -2.13. The SMILES string of the molecule is O=C1CCOc2ccc(C(=O)Nc3ccccc3Cl)cc2N1. The molecule has 0 spiro atoms. The van der Waals surface area contributed by atoms with Crippen LogP contribution in [0.1, 0.15) is 16.8 Å². The van der Waals surface area contributed by atoms with Gasteiger partial charge in [-0.1, -0.05) is 23.7 Å². The molecule has 1 heterocycles. The Bertz CT molecular complexity index is 746. The van der Waals surface area contributed by atoms with Gasteiger partial charge in [-0.3, -0.25) is 9.59 Å². The number of halogens is 1. The van der Waals surface area contributed by atoms with Gasteiger partial charge in [0.2, 0.25) is 5.91 Å². The Morgan fingerprint density at radius 1 is 1.23 bits per heavy atom. The Labute approximate surface area is 132 Å². The van der Waals surface area contributed by atoms with Crippen LogP contribution < -0.4 is 15.4 Å². The van der Waals surface area contributed by atoms with Gasteiger partial charge in [0, 0.05) is 5.56 Å². The highest BCUT2D eigenvalue weighted by atomic mass is 35.5. The van der Waals surface area contributed by atoms with Crippen molar-refractivity contribution >= 4 is 34.8 Å². The van der Waals surface area contributed by atoms with Crippen molar-refractivity contribution in [3.8, 4) is 5.75 Å². The fourth-order valence-corrected chi connectivity index (χ4v) is 2.30. The van der Waals surface area contributed by atoms with E-state index < -0.39 is 0 Å². The van der Waals surface area contributed by atoms with Gasteiger partial charge in [-0.2, -0.15) is 0 Å². The molecule has 2 aromatic rings. The van der Waals surface area contributed by atoms with Gasteiger partial charge >= 0.3 is 0 Å². The maximum atomic E-state index is 12.3. The zero-order valence-corrected chi connectivity index (χ0v) is 12.3. The van der Waals surface area contributed by atoms with Crippen molar-refractivity contribution in [3.63, 3.8) is 0 Å². The summed E-state index contributed by atoms with van der Waals surface area (Å²) in [7, 11) is 0. The molecule has 0 aliphatic carbocycles. The summed E-state index contributed by atoms with van der Waals surface area (Å²) >= 11 is 6.02. The third-order valence-electron chi connectivity index (χ3n) is 3.22. The molecule has 112 valence electrons. The number of amides is 2. The molecule has 0 atom stereocenters. The Hall–Kier alpha value is -2.53. The highest BCUT2D eigenvalue weighted by Crippen LogP contribution is 2.29. The monoisotopic (exact) mass is 316 g/mol. The number of nitrogens with one attached hydrogen (secondary N) is 2. The van der Waals surface area contributed by atoms with Gasteiger partial charge in [-0.15, -0.1) is 0 Å². The van der Waals surface area contributed by atoms with E-state index >= 15 is 0 Å². The first-order valence-electron chi connectivity index (χ1n) is 6.76. The minimum Gasteiger partial charge on any atom is -0.491 e. The summed E-state index contributed by atoms with van der Waals surface area (Å²) in [4.78, 5) is 23.8. The molecule has 2 N–H and O–H groups in total. The Balaban J connectivity index is 1.84. The van der Waals surface area contributed by atoms with E-state index in [4.69, 9.17) is 16.3 Å². The van der Waals surface area contributed by atoms with Gasteiger partial charge in [0.05, 0.1) is 29.4 Å². The van der Waals surface area contributed by atoms with Crippen molar-refractivity contribution in [3.05, 3.63) is 53.1 Å². The smallest absolute Gasteiger partial charge is 0.255 e. The van der Waals surface area contributed by atoms with Gasteiger partial charge in [-0.05, 0) is 30.3 Å². The second kappa shape index (κ2) is 6.07. The lowest BCUT2D eigenvalue weighted by molar-refractivity contribution is -0.116. The second-order valence-corrected chi connectivity index (χ2v) is 5.20. The average Bonchev–Trinajstić information content (AvgIpc) is 2.69. The van der Waals surface area contributed by atoms with Gasteiger partial charge in [0.1, 0.15) is 5.75 Å². The lowest BCUT2D eigenvalue weighted by atomic mass is 10.1. The molecule has 6 heteroatoms. The van der Waals surface area contributed by atoms with Gasteiger partial charge in [0.25, 0.3) is 5.91 Å². The number of carbonyl (C=O) groups excluding carboxylic acids is 2. The number of fused-ring (bicyclic) bond motifs is 1. The van der Waals surface area contributed by atoms with Crippen LogP contribution in [0.4, 0.5) is 11.4 Å². The summed E-state index contributed by atoms with van der Waals surface area (Å²) in [5, 5.41) is 5.92. The summed E-state index contributed by atoms with van der Waals surface area (Å²) in [5.41, 5.74) is 1.43. The predicted molar refractivity (Wildman–Crippen MR) is 84.6 cm³/mol. The van der Waals surface area contributed by atoms with Crippen molar-refractivity contribution < 1.29 is 14.3 Å². The van der Waals surface area contributed by atoms with E-state index in [-0.39, 0.29) is 18.2 Å². The first-order chi connectivity index (χ1) is 10.6. The van der Waals surface area contributed by atoms with Crippen LogP contribution in [0.3, 0.4) is 0 Å². The summed E-state index contributed by atoms with van der Waals surface area (Å²) < 4.78 is 5.45. The van der Waals surface area contributed by atoms with Crippen LogP contribution in [-0.4, -0.2) is 18.4 Å². The number of hydrogen-bond acceptors (Lipinski definition) is 3. The summed E-state index contributed by atoms with van der Waals surface area (Å²) in [6.07, 6.45) is 0.288. The van der Waals surface area contributed by atoms with Gasteiger partial charge < -0.3 is 15.4 Å². The molecule has 0 saturated carbocycles. The standard InChI is InChI=1S/C16H13ClN2O3/c17-11-3-1-2-4-12(11)19-16(21)10-5-6-14-13(9-10)18-15(20)7-8-22-14/h1-6,9H,7-8H2,(H,18,20)(H,19,21). The van der Waals surface area contributed by atoms with Gasteiger partial charge in [0.15, 0.2) is 0 Å². The maximum Gasteiger partial charge on any atom is 0.255 e. The third-order valence-corrected chi connectivity index (χ3v) is 3.55. The Kier molecular flexibility index (Phi) is 3.98. The van der Waals surface area contributed by atoms with Crippen LogP contribution >= 0.6 is 11.6 Å². The molecule has 5 nitrogen and oxygen atoms in total. The van der Waals surface area contributed by atoms with Crippen LogP contribution in [0.25, 0.3) is 0 Å². The van der Waals surface area contributed by atoms with Crippen LogP contribution in [0.15, 0.2) is 42.5 Å². The minimum atomic E-state index is -0.311. The number of ether oxygens (including phenoxy) is 1. The highest BCUT2D eigenvalue weighted by Gasteiger charge is 2.16. The topological polar surface area (TPSA) is 67.4 Å². The first-order valence-corrected chi connectivity index (χ1v) is 7.14. The van der Waals surface area contributed by atoms with E-state index in [0.717, 1.165) is 0 Å². The molecule has 0 bridgehead atoms. The van der Waals surface area contributed by atoms with Crippen LogP contribution in [0.2, 0.25) is 5.02 Å². The minimum absolute atomic E-state index is 0.137. The number of hydrogen-bond donors (Lipinski definition) is 2. The van der Waals surface area contributed by atoms with Crippen molar-refractivity contribution in [2.75, 3.05) is 17.2 Å². The summed E-state index contributed by atoms with van der Waals surface area (Å²) in [5.74, 6) is 0.108. The Morgan fingerprint density at radius 3 is 2.86 bits per heavy atom. The van der Waals surface area contributed by atoms with Crippen molar-refractivity contribution in [2.45, 2.75) is 6.42 Å². The molecule has 0 fully saturated rings. The number of para-hydroxylation sites is 1.